The van der Waals surface area contributed by atoms with Crippen LogP contribution in [-0.2, 0) is 4.79 Å². The van der Waals surface area contributed by atoms with E-state index in [4.69, 9.17) is 11.6 Å². The van der Waals surface area contributed by atoms with E-state index < -0.39 is 0 Å². The zero-order valence-corrected chi connectivity index (χ0v) is 9.16. The predicted molar refractivity (Wildman–Crippen MR) is 66.1 cm³/mol. The number of hydrogen-bond acceptors (Lipinski definition) is 1. The van der Waals surface area contributed by atoms with Gasteiger partial charge in [0.25, 0.3) is 5.91 Å². The number of halogens is 1. The average molecular weight is 233 g/mol. The molecule has 0 aliphatic carbocycles. The molecule has 3 nitrogen and oxygen atoms in total. The molecule has 2 aromatic rings. The van der Waals surface area contributed by atoms with E-state index in [0.29, 0.717) is 5.02 Å². The summed E-state index contributed by atoms with van der Waals surface area (Å²) in [6.07, 6.45) is 4.46. The molecule has 4 heteroatoms. The molecule has 0 atom stereocenters. The van der Waals surface area contributed by atoms with Crippen molar-refractivity contribution in [1.82, 2.24) is 4.98 Å². The Balaban J connectivity index is 2.42. The van der Waals surface area contributed by atoms with Crippen LogP contribution in [0, 0.1) is 0 Å². The molecule has 2 rings (SSSR count). The van der Waals surface area contributed by atoms with Gasteiger partial charge < -0.3 is 4.98 Å². The minimum Gasteiger partial charge on any atom is -0.360 e. The van der Waals surface area contributed by atoms with Gasteiger partial charge in [0.2, 0.25) is 0 Å². The molecule has 0 spiro atoms. The van der Waals surface area contributed by atoms with Gasteiger partial charge in [0.1, 0.15) is 0 Å². The van der Waals surface area contributed by atoms with E-state index in [1.165, 1.54) is 12.3 Å². The first kappa shape index (κ1) is 10.6. The maximum atomic E-state index is 10.9. The summed E-state index contributed by atoms with van der Waals surface area (Å²) in [5.41, 5.74) is 1.77. The molecule has 1 aromatic heterocycles. The van der Waals surface area contributed by atoms with Crippen LogP contribution in [0.1, 0.15) is 5.56 Å². The lowest BCUT2D eigenvalue weighted by atomic mass is 10.2. The number of nitrogens with one attached hydrogen (secondary N) is 1. The van der Waals surface area contributed by atoms with Crippen molar-refractivity contribution in [2.45, 2.75) is 0 Å². The van der Waals surface area contributed by atoms with E-state index in [9.17, 15) is 4.79 Å². The van der Waals surface area contributed by atoms with Gasteiger partial charge in [0.05, 0.1) is 0 Å². The van der Waals surface area contributed by atoms with Gasteiger partial charge in [-0.15, -0.1) is 0 Å². The van der Waals surface area contributed by atoms with E-state index in [0.717, 1.165) is 16.5 Å². The normalized spacial score (nSPS) is 11.1. The zero-order valence-electron chi connectivity index (χ0n) is 8.40. The van der Waals surface area contributed by atoms with Crippen molar-refractivity contribution in [1.29, 1.82) is 0 Å². The molecule has 0 bridgehead atoms. The fourth-order valence-corrected chi connectivity index (χ4v) is 1.59. The highest BCUT2D eigenvalue weighted by atomic mass is 35.5. The van der Waals surface area contributed by atoms with Gasteiger partial charge in [-0.05, 0) is 18.2 Å². The second-order valence-electron chi connectivity index (χ2n) is 3.23. The summed E-state index contributed by atoms with van der Waals surface area (Å²) in [5, 5.41) is 1.64. The molecule has 0 aliphatic rings. The van der Waals surface area contributed by atoms with Gasteiger partial charge in [-0.25, -0.2) is 4.99 Å². The Labute approximate surface area is 97.5 Å². The lowest BCUT2D eigenvalue weighted by Crippen LogP contribution is -1.87. The fourth-order valence-electron chi connectivity index (χ4n) is 1.41. The zero-order chi connectivity index (χ0) is 11.5. The minimum absolute atomic E-state index is 0.358. The lowest BCUT2D eigenvalue weighted by molar-refractivity contribution is -0.113. The summed E-state index contributed by atoms with van der Waals surface area (Å²) in [6.45, 7) is 3.35. The number of nitrogens with zero attached hydrogens (tertiary/aromatic N) is 1. The Hall–Kier alpha value is -1.87. The molecule has 1 amide bonds. The molecule has 0 fully saturated rings. The molecule has 0 radical (unpaired) electrons. The topological polar surface area (TPSA) is 45.2 Å². The summed E-state index contributed by atoms with van der Waals surface area (Å²) in [7, 11) is 0. The van der Waals surface area contributed by atoms with Gasteiger partial charge in [0.15, 0.2) is 0 Å². The summed E-state index contributed by atoms with van der Waals surface area (Å²) in [5.74, 6) is -0.358. The molecule has 0 aliphatic heterocycles. The van der Waals surface area contributed by atoms with E-state index in [1.807, 2.05) is 12.1 Å². The van der Waals surface area contributed by atoms with Gasteiger partial charge >= 0.3 is 0 Å². The van der Waals surface area contributed by atoms with Crippen molar-refractivity contribution in [2.75, 3.05) is 0 Å². The maximum absolute atomic E-state index is 10.9. The highest BCUT2D eigenvalue weighted by Gasteiger charge is 2.01. The molecule has 1 heterocycles. The van der Waals surface area contributed by atoms with Crippen molar-refractivity contribution in [3.8, 4) is 0 Å². The van der Waals surface area contributed by atoms with Crippen LogP contribution in [0.5, 0.6) is 0 Å². The Bertz CT molecular complexity index is 584. The first-order valence-electron chi connectivity index (χ1n) is 4.68. The van der Waals surface area contributed by atoms with E-state index in [1.54, 1.807) is 12.3 Å². The standard InChI is InChI=1S/C12H9ClN2O/c1-2-12(16)15-7-8-6-14-11-5-9(13)3-4-10(8)11/h2-7,14H,1H2. The molecule has 0 saturated heterocycles. The molecule has 0 saturated carbocycles. The SMILES string of the molecule is C=CC(=O)N=Cc1c[nH]c2cc(Cl)ccc12. The fraction of sp³-hybridized carbons (Fsp3) is 0. The summed E-state index contributed by atoms with van der Waals surface area (Å²) in [4.78, 5) is 17.7. The number of carbonyl (C=O) groups is 1. The number of carbonyl (C=O) groups excluding carboxylic acids is 1. The first-order valence-corrected chi connectivity index (χ1v) is 5.05. The third-order valence-electron chi connectivity index (χ3n) is 2.18. The molecule has 0 unspecified atom stereocenters. The lowest BCUT2D eigenvalue weighted by Gasteiger charge is -1.92. The molecule has 16 heavy (non-hydrogen) atoms. The van der Waals surface area contributed by atoms with Crippen LogP contribution >= 0.6 is 11.6 Å². The Kier molecular flexibility index (Phi) is 2.88. The predicted octanol–water partition coefficient (Wildman–Crippen LogP) is 2.95. The Morgan fingerprint density at radius 3 is 3.06 bits per heavy atom. The van der Waals surface area contributed by atoms with Crippen molar-refractivity contribution in [2.24, 2.45) is 4.99 Å². The Morgan fingerprint density at radius 2 is 2.31 bits per heavy atom. The van der Waals surface area contributed by atoms with Crippen LogP contribution in [0.2, 0.25) is 5.02 Å². The van der Waals surface area contributed by atoms with Crippen molar-refractivity contribution >= 4 is 34.6 Å². The third-order valence-corrected chi connectivity index (χ3v) is 2.42. The average Bonchev–Trinajstić information content (AvgIpc) is 2.68. The number of H-pyrrole nitrogens is 1. The first-order chi connectivity index (χ1) is 7.70. The van der Waals surface area contributed by atoms with Crippen LogP contribution in [0.4, 0.5) is 0 Å². The van der Waals surface area contributed by atoms with Gasteiger partial charge in [-0.2, -0.15) is 0 Å². The number of aromatic nitrogens is 1. The number of aromatic amines is 1. The van der Waals surface area contributed by atoms with E-state index >= 15 is 0 Å². The molecule has 1 N–H and O–H groups in total. The number of rotatable bonds is 2. The van der Waals surface area contributed by atoms with E-state index in [-0.39, 0.29) is 5.91 Å². The van der Waals surface area contributed by atoms with Crippen LogP contribution in [0.15, 0.2) is 42.0 Å². The second-order valence-corrected chi connectivity index (χ2v) is 3.67. The van der Waals surface area contributed by atoms with Crippen molar-refractivity contribution in [3.05, 3.63) is 47.6 Å². The van der Waals surface area contributed by atoms with E-state index in [2.05, 4.69) is 16.6 Å². The largest absolute Gasteiger partial charge is 0.360 e. The van der Waals surface area contributed by atoms with Crippen LogP contribution in [-0.4, -0.2) is 17.1 Å². The number of amides is 1. The quantitative estimate of drug-likeness (QED) is 0.628. The molecular formula is C12H9ClN2O. The van der Waals surface area contributed by atoms with Crippen LogP contribution in [0.3, 0.4) is 0 Å². The number of aliphatic imine (C=N–C) groups is 1. The smallest absolute Gasteiger partial charge is 0.269 e. The number of benzene rings is 1. The minimum atomic E-state index is -0.358. The van der Waals surface area contributed by atoms with Crippen LogP contribution in [0.25, 0.3) is 10.9 Å². The summed E-state index contributed by atoms with van der Waals surface area (Å²) >= 11 is 5.86. The molecule has 1 aromatic carbocycles. The van der Waals surface area contributed by atoms with Crippen LogP contribution < -0.4 is 0 Å². The highest BCUT2D eigenvalue weighted by Crippen LogP contribution is 2.20. The van der Waals surface area contributed by atoms with Gasteiger partial charge in [0, 0.05) is 33.9 Å². The van der Waals surface area contributed by atoms with Gasteiger partial charge in [-0.1, -0.05) is 24.2 Å². The number of fused-ring (bicyclic) bond motifs is 1. The Morgan fingerprint density at radius 1 is 1.50 bits per heavy atom. The van der Waals surface area contributed by atoms with Crippen molar-refractivity contribution in [3.63, 3.8) is 0 Å². The maximum Gasteiger partial charge on any atom is 0.269 e. The molecule has 80 valence electrons. The summed E-state index contributed by atoms with van der Waals surface area (Å²) < 4.78 is 0. The second kappa shape index (κ2) is 4.33. The summed E-state index contributed by atoms with van der Waals surface area (Å²) in [6, 6.07) is 5.50. The van der Waals surface area contributed by atoms with Crippen molar-refractivity contribution < 1.29 is 4.79 Å². The monoisotopic (exact) mass is 232 g/mol. The van der Waals surface area contributed by atoms with Gasteiger partial charge in [-0.3, -0.25) is 4.79 Å². The highest BCUT2D eigenvalue weighted by molar-refractivity contribution is 6.31. The molecular weight excluding hydrogens is 224 g/mol. The third kappa shape index (κ3) is 2.04. The number of hydrogen-bond donors (Lipinski definition) is 1.